The lowest BCUT2D eigenvalue weighted by molar-refractivity contribution is -0.106. The first-order chi connectivity index (χ1) is 5.36. The average molecular weight is 161 g/mol. The van der Waals surface area contributed by atoms with E-state index >= 15 is 0 Å². The normalized spacial score (nSPS) is 18.8. The quantitative estimate of drug-likeness (QED) is 0.557. The largest absolute Gasteiger partial charge is 0.378 e. The summed E-state index contributed by atoms with van der Waals surface area (Å²) in [4.78, 5) is 0. The van der Waals surface area contributed by atoms with Crippen molar-refractivity contribution in [2.45, 2.75) is 12.3 Å². The monoisotopic (exact) mass is 161 g/mol. The van der Waals surface area contributed by atoms with Gasteiger partial charge in [0.05, 0.1) is 19.3 Å². The van der Waals surface area contributed by atoms with Crippen LogP contribution < -0.4 is 5.32 Å². The predicted octanol–water partition coefficient (Wildman–Crippen LogP) is -0.406. The molecule has 4 nitrogen and oxygen atoms in total. The minimum absolute atomic E-state index is 0.143. The summed E-state index contributed by atoms with van der Waals surface area (Å²) in [6, 6.07) is 0.489. The third-order valence-electron chi connectivity index (χ3n) is 1.74. The molecule has 0 aromatic rings. The first kappa shape index (κ1) is 8.93. The maximum atomic E-state index is 4.99. The molecule has 0 amide bonds. The molecule has 0 aromatic carbocycles. The Bertz CT molecular complexity index is 102. The summed E-state index contributed by atoms with van der Waals surface area (Å²) in [6.45, 7) is 2.33. The van der Waals surface area contributed by atoms with Crippen molar-refractivity contribution in [3.05, 3.63) is 0 Å². The highest BCUT2D eigenvalue weighted by molar-refractivity contribution is 4.72. The molecule has 0 unspecified atom stereocenters. The molecule has 1 N–H and O–H groups in total. The average Bonchev–Trinajstić information content (AvgIpc) is 1.95. The molecule has 0 bridgehead atoms. The zero-order valence-corrected chi connectivity index (χ0v) is 7.00. The fraction of sp³-hybridized carbons (Fsp3) is 1.00. The summed E-state index contributed by atoms with van der Waals surface area (Å²) in [6.07, 6.45) is -0.143. The van der Waals surface area contributed by atoms with Gasteiger partial charge in [-0.25, -0.2) is 0 Å². The van der Waals surface area contributed by atoms with E-state index in [1.165, 1.54) is 0 Å². The van der Waals surface area contributed by atoms with Crippen molar-refractivity contribution < 1.29 is 14.2 Å². The standard InChI is InChI=1S/C7H15NO3/c1-9-7(10-2)3-8-6-4-11-5-6/h6-8H,3-5H2,1-2H3. The van der Waals surface area contributed by atoms with Gasteiger partial charge in [0.1, 0.15) is 0 Å². The van der Waals surface area contributed by atoms with Gasteiger partial charge in [0.2, 0.25) is 0 Å². The van der Waals surface area contributed by atoms with Crippen molar-refractivity contribution in [2.75, 3.05) is 34.0 Å². The Morgan fingerprint density at radius 2 is 2.09 bits per heavy atom. The minimum Gasteiger partial charge on any atom is -0.378 e. The lowest BCUT2D eigenvalue weighted by Crippen LogP contribution is -2.48. The van der Waals surface area contributed by atoms with Crippen LogP contribution in [0.4, 0.5) is 0 Å². The Morgan fingerprint density at radius 1 is 1.45 bits per heavy atom. The molecule has 1 fully saturated rings. The predicted molar refractivity (Wildman–Crippen MR) is 40.4 cm³/mol. The maximum Gasteiger partial charge on any atom is 0.169 e. The molecule has 1 heterocycles. The molecule has 1 saturated heterocycles. The first-order valence-electron chi connectivity index (χ1n) is 3.73. The van der Waals surface area contributed by atoms with E-state index in [4.69, 9.17) is 14.2 Å². The van der Waals surface area contributed by atoms with Gasteiger partial charge in [0, 0.05) is 20.8 Å². The van der Waals surface area contributed by atoms with E-state index < -0.39 is 0 Å². The van der Waals surface area contributed by atoms with Crippen molar-refractivity contribution in [2.24, 2.45) is 0 Å². The van der Waals surface area contributed by atoms with E-state index in [1.54, 1.807) is 14.2 Å². The van der Waals surface area contributed by atoms with E-state index in [1.807, 2.05) is 0 Å². The number of ether oxygens (including phenoxy) is 3. The lowest BCUT2D eigenvalue weighted by atomic mass is 10.2. The summed E-state index contributed by atoms with van der Waals surface area (Å²) >= 11 is 0. The van der Waals surface area contributed by atoms with Gasteiger partial charge in [0.25, 0.3) is 0 Å². The highest BCUT2D eigenvalue weighted by Gasteiger charge is 2.18. The minimum atomic E-state index is -0.143. The summed E-state index contributed by atoms with van der Waals surface area (Å²) in [5.41, 5.74) is 0. The number of hydrogen-bond acceptors (Lipinski definition) is 4. The SMILES string of the molecule is COC(CNC1COC1)OC. The number of methoxy groups -OCH3 is 2. The molecule has 0 aromatic heterocycles. The van der Waals surface area contributed by atoms with E-state index in [9.17, 15) is 0 Å². The zero-order chi connectivity index (χ0) is 8.10. The van der Waals surface area contributed by atoms with Crippen LogP contribution >= 0.6 is 0 Å². The van der Waals surface area contributed by atoms with Crippen LogP contribution in [0.2, 0.25) is 0 Å². The molecule has 0 spiro atoms. The van der Waals surface area contributed by atoms with Crippen LogP contribution in [0.5, 0.6) is 0 Å². The van der Waals surface area contributed by atoms with Gasteiger partial charge in [-0.05, 0) is 0 Å². The highest BCUT2D eigenvalue weighted by Crippen LogP contribution is 1.99. The van der Waals surface area contributed by atoms with Crippen molar-refractivity contribution in [1.82, 2.24) is 5.32 Å². The van der Waals surface area contributed by atoms with Crippen molar-refractivity contribution in [3.63, 3.8) is 0 Å². The Labute approximate surface area is 66.8 Å². The molecule has 0 saturated carbocycles. The van der Waals surface area contributed by atoms with Crippen LogP contribution in [0.15, 0.2) is 0 Å². The topological polar surface area (TPSA) is 39.7 Å². The summed E-state index contributed by atoms with van der Waals surface area (Å²) in [7, 11) is 3.26. The first-order valence-corrected chi connectivity index (χ1v) is 3.73. The third-order valence-corrected chi connectivity index (χ3v) is 1.74. The Hall–Kier alpha value is -0.160. The van der Waals surface area contributed by atoms with E-state index in [0.29, 0.717) is 6.04 Å². The fourth-order valence-corrected chi connectivity index (χ4v) is 0.879. The van der Waals surface area contributed by atoms with Gasteiger partial charge in [0.15, 0.2) is 6.29 Å². The second-order valence-corrected chi connectivity index (χ2v) is 2.54. The van der Waals surface area contributed by atoms with Gasteiger partial charge in [-0.15, -0.1) is 0 Å². The molecule has 11 heavy (non-hydrogen) atoms. The molecular formula is C7H15NO3. The van der Waals surface area contributed by atoms with E-state index in [-0.39, 0.29) is 6.29 Å². The van der Waals surface area contributed by atoms with Gasteiger partial charge >= 0.3 is 0 Å². The number of nitrogens with one attached hydrogen (secondary N) is 1. The van der Waals surface area contributed by atoms with Crippen LogP contribution in [0, 0.1) is 0 Å². The highest BCUT2D eigenvalue weighted by atomic mass is 16.7. The van der Waals surface area contributed by atoms with Gasteiger partial charge in [-0.3, -0.25) is 0 Å². The van der Waals surface area contributed by atoms with Gasteiger partial charge in [-0.2, -0.15) is 0 Å². The second-order valence-electron chi connectivity index (χ2n) is 2.54. The lowest BCUT2D eigenvalue weighted by Gasteiger charge is -2.28. The van der Waals surface area contributed by atoms with E-state index in [0.717, 1.165) is 19.8 Å². The molecule has 0 atom stereocenters. The van der Waals surface area contributed by atoms with Crippen molar-refractivity contribution >= 4 is 0 Å². The molecule has 0 radical (unpaired) electrons. The van der Waals surface area contributed by atoms with Crippen LogP contribution in [0.1, 0.15) is 0 Å². The molecule has 0 aliphatic carbocycles. The molecule has 1 aliphatic rings. The number of hydrogen-bond donors (Lipinski definition) is 1. The summed E-state index contributed by atoms with van der Waals surface area (Å²) in [5, 5.41) is 3.25. The van der Waals surface area contributed by atoms with Crippen LogP contribution in [0.25, 0.3) is 0 Å². The molecule has 4 heteroatoms. The third kappa shape index (κ3) is 2.75. The molecule has 1 rings (SSSR count). The van der Waals surface area contributed by atoms with Crippen LogP contribution in [-0.2, 0) is 14.2 Å². The van der Waals surface area contributed by atoms with Crippen LogP contribution in [0.3, 0.4) is 0 Å². The summed E-state index contributed by atoms with van der Waals surface area (Å²) < 4.78 is 15.0. The van der Waals surface area contributed by atoms with Gasteiger partial charge < -0.3 is 19.5 Å². The van der Waals surface area contributed by atoms with Crippen LogP contribution in [-0.4, -0.2) is 46.3 Å². The van der Waals surface area contributed by atoms with Crippen molar-refractivity contribution in [1.29, 1.82) is 0 Å². The molecule has 66 valence electrons. The van der Waals surface area contributed by atoms with E-state index in [2.05, 4.69) is 5.32 Å². The van der Waals surface area contributed by atoms with Gasteiger partial charge in [-0.1, -0.05) is 0 Å². The molecular weight excluding hydrogens is 146 g/mol. The second kappa shape index (κ2) is 4.66. The Kier molecular flexibility index (Phi) is 3.79. The Morgan fingerprint density at radius 3 is 2.45 bits per heavy atom. The number of rotatable bonds is 5. The van der Waals surface area contributed by atoms with Crippen molar-refractivity contribution in [3.8, 4) is 0 Å². The smallest absolute Gasteiger partial charge is 0.169 e. The Balaban J connectivity index is 1.99. The molecule has 1 aliphatic heterocycles. The zero-order valence-electron chi connectivity index (χ0n) is 7.00. The summed E-state index contributed by atoms with van der Waals surface area (Å²) in [5.74, 6) is 0. The maximum absolute atomic E-state index is 4.99. The fourth-order valence-electron chi connectivity index (χ4n) is 0.879.